The number of nitrogens with zero attached hydrogens (tertiary/aromatic N) is 1. The second kappa shape index (κ2) is 8.53. The van der Waals surface area contributed by atoms with Crippen molar-refractivity contribution in [3.05, 3.63) is 54.1 Å². The number of nitrogens with one attached hydrogen (secondary N) is 1. The summed E-state index contributed by atoms with van der Waals surface area (Å²) < 4.78 is 10.9. The first-order valence-corrected chi connectivity index (χ1v) is 8.73. The van der Waals surface area contributed by atoms with E-state index in [4.69, 9.17) is 9.47 Å². The quantitative estimate of drug-likeness (QED) is 0.873. The van der Waals surface area contributed by atoms with Gasteiger partial charge in [0.15, 0.2) is 0 Å². The van der Waals surface area contributed by atoms with Crippen molar-refractivity contribution in [3.8, 4) is 5.75 Å². The minimum absolute atomic E-state index is 0.124. The second-order valence-electron chi connectivity index (χ2n) is 5.97. The molecule has 3 rings (SSSR count). The van der Waals surface area contributed by atoms with E-state index in [1.54, 1.807) is 12.1 Å². The van der Waals surface area contributed by atoms with E-state index in [0.717, 1.165) is 49.8 Å². The Morgan fingerprint density at radius 1 is 1.08 bits per heavy atom. The zero-order valence-electron chi connectivity index (χ0n) is 14.5. The average Bonchev–Trinajstić information content (AvgIpc) is 2.68. The number of amides is 1. The molecular formula is C20H24N2O3. The van der Waals surface area contributed by atoms with E-state index in [-0.39, 0.29) is 5.91 Å². The summed E-state index contributed by atoms with van der Waals surface area (Å²) in [5.41, 5.74) is 2.55. The predicted octanol–water partition coefficient (Wildman–Crippen LogP) is 3.56. The van der Waals surface area contributed by atoms with Crippen LogP contribution in [0.2, 0.25) is 0 Å². The Morgan fingerprint density at radius 3 is 2.40 bits per heavy atom. The monoisotopic (exact) mass is 340 g/mol. The topological polar surface area (TPSA) is 50.8 Å². The highest BCUT2D eigenvalue weighted by Crippen LogP contribution is 2.20. The Bertz CT molecular complexity index is 677. The molecule has 0 aromatic heterocycles. The molecule has 0 spiro atoms. The van der Waals surface area contributed by atoms with Gasteiger partial charge in [0, 0.05) is 30.0 Å². The van der Waals surface area contributed by atoms with Crippen LogP contribution in [-0.2, 0) is 4.74 Å². The minimum Gasteiger partial charge on any atom is -0.494 e. The van der Waals surface area contributed by atoms with Crippen LogP contribution in [0.1, 0.15) is 23.7 Å². The van der Waals surface area contributed by atoms with Gasteiger partial charge in [-0.25, -0.2) is 0 Å². The summed E-state index contributed by atoms with van der Waals surface area (Å²) in [6, 6.07) is 15.1. The van der Waals surface area contributed by atoms with Crippen LogP contribution < -0.4 is 15.0 Å². The molecule has 1 heterocycles. The summed E-state index contributed by atoms with van der Waals surface area (Å²) in [4.78, 5) is 14.6. The molecular weight excluding hydrogens is 316 g/mol. The van der Waals surface area contributed by atoms with Crippen molar-refractivity contribution >= 4 is 17.3 Å². The van der Waals surface area contributed by atoms with Crippen molar-refractivity contribution in [2.24, 2.45) is 0 Å². The summed E-state index contributed by atoms with van der Waals surface area (Å²) in [7, 11) is 0. The number of carbonyl (C=O) groups is 1. The minimum atomic E-state index is -0.124. The first-order valence-electron chi connectivity index (χ1n) is 8.73. The van der Waals surface area contributed by atoms with Crippen molar-refractivity contribution in [3.63, 3.8) is 0 Å². The first kappa shape index (κ1) is 17.3. The predicted molar refractivity (Wildman–Crippen MR) is 99.7 cm³/mol. The molecule has 5 nitrogen and oxygen atoms in total. The molecule has 2 aromatic rings. The smallest absolute Gasteiger partial charge is 0.255 e. The number of hydrogen-bond acceptors (Lipinski definition) is 4. The number of hydrogen-bond donors (Lipinski definition) is 1. The van der Waals surface area contributed by atoms with Gasteiger partial charge in [0.25, 0.3) is 5.91 Å². The largest absolute Gasteiger partial charge is 0.494 e. The van der Waals surface area contributed by atoms with Gasteiger partial charge in [-0.2, -0.15) is 0 Å². The second-order valence-corrected chi connectivity index (χ2v) is 5.97. The Kier molecular flexibility index (Phi) is 5.90. The SMILES string of the molecule is CCCOc1ccc(C(=O)Nc2ccc(N3CCOCC3)cc2)cc1. The van der Waals surface area contributed by atoms with Crippen LogP contribution in [0.5, 0.6) is 5.75 Å². The molecule has 1 fully saturated rings. The van der Waals surface area contributed by atoms with Crippen LogP contribution >= 0.6 is 0 Å². The number of anilines is 2. The van der Waals surface area contributed by atoms with Gasteiger partial charge in [-0.1, -0.05) is 6.92 Å². The fourth-order valence-corrected chi connectivity index (χ4v) is 2.70. The number of morpholine rings is 1. The first-order chi connectivity index (χ1) is 12.3. The van der Waals surface area contributed by atoms with E-state index in [9.17, 15) is 4.79 Å². The molecule has 0 radical (unpaired) electrons. The lowest BCUT2D eigenvalue weighted by Crippen LogP contribution is -2.36. The van der Waals surface area contributed by atoms with Gasteiger partial charge in [0.1, 0.15) is 5.75 Å². The lowest BCUT2D eigenvalue weighted by molar-refractivity contribution is 0.102. The van der Waals surface area contributed by atoms with Crippen molar-refractivity contribution in [1.82, 2.24) is 0 Å². The van der Waals surface area contributed by atoms with E-state index < -0.39 is 0 Å². The Hall–Kier alpha value is -2.53. The summed E-state index contributed by atoms with van der Waals surface area (Å²) in [6.07, 6.45) is 0.961. The summed E-state index contributed by atoms with van der Waals surface area (Å²) >= 11 is 0. The van der Waals surface area contributed by atoms with Gasteiger partial charge < -0.3 is 19.7 Å². The van der Waals surface area contributed by atoms with Gasteiger partial charge >= 0.3 is 0 Å². The van der Waals surface area contributed by atoms with E-state index in [1.165, 1.54) is 0 Å². The van der Waals surface area contributed by atoms with Gasteiger partial charge in [-0.15, -0.1) is 0 Å². The molecule has 0 unspecified atom stereocenters. The highest BCUT2D eigenvalue weighted by atomic mass is 16.5. The maximum Gasteiger partial charge on any atom is 0.255 e. The highest BCUT2D eigenvalue weighted by Gasteiger charge is 2.11. The standard InChI is InChI=1S/C20H24N2O3/c1-2-13-25-19-9-3-16(4-10-19)20(23)21-17-5-7-18(8-6-17)22-11-14-24-15-12-22/h3-10H,2,11-15H2,1H3,(H,21,23). The molecule has 0 bridgehead atoms. The third-order valence-electron chi connectivity index (χ3n) is 4.09. The van der Waals surface area contributed by atoms with Crippen LogP contribution in [-0.4, -0.2) is 38.8 Å². The Balaban J connectivity index is 1.58. The lowest BCUT2D eigenvalue weighted by Gasteiger charge is -2.28. The molecule has 0 aliphatic carbocycles. The third-order valence-corrected chi connectivity index (χ3v) is 4.09. The average molecular weight is 340 g/mol. The molecule has 5 heteroatoms. The summed E-state index contributed by atoms with van der Waals surface area (Å²) in [5.74, 6) is 0.662. The van der Waals surface area contributed by atoms with E-state index >= 15 is 0 Å². The molecule has 1 aliphatic heterocycles. The Labute approximate surface area is 148 Å². The van der Waals surface area contributed by atoms with Crippen LogP contribution in [0.15, 0.2) is 48.5 Å². The molecule has 2 aromatic carbocycles. The molecule has 1 amide bonds. The lowest BCUT2D eigenvalue weighted by atomic mass is 10.2. The van der Waals surface area contributed by atoms with Gasteiger partial charge in [0.05, 0.1) is 19.8 Å². The summed E-state index contributed by atoms with van der Waals surface area (Å²) in [6.45, 7) is 6.07. The van der Waals surface area contributed by atoms with Crippen LogP contribution in [0, 0.1) is 0 Å². The number of ether oxygens (including phenoxy) is 2. The van der Waals surface area contributed by atoms with E-state index in [1.807, 2.05) is 36.4 Å². The maximum absolute atomic E-state index is 12.3. The molecule has 132 valence electrons. The zero-order chi connectivity index (χ0) is 17.5. The summed E-state index contributed by atoms with van der Waals surface area (Å²) in [5, 5.41) is 2.93. The number of benzene rings is 2. The molecule has 0 atom stereocenters. The van der Waals surface area contributed by atoms with Crippen molar-refractivity contribution < 1.29 is 14.3 Å². The Morgan fingerprint density at radius 2 is 1.76 bits per heavy atom. The molecule has 25 heavy (non-hydrogen) atoms. The van der Waals surface area contributed by atoms with Gasteiger partial charge in [-0.05, 0) is 55.0 Å². The van der Waals surface area contributed by atoms with E-state index in [0.29, 0.717) is 12.2 Å². The number of carbonyl (C=O) groups excluding carboxylic acids is 1. The van der Waals surface area contributed by atoms with Gasteiger partial charge in [0.2, 0.25) is 0 Å². The van der Waals surface area contributed by atoms with Crippen LogP contribution in [0.4, 0.5) is 11.4 Å². The van der Waals surface area contributed by atoms with Crippen molar-refractivity contribution in [2.45, 2.75) is 13.3 Å². The molecule has 0 saturated carbocycles. The highest BCUT2D eigenvalue weighted by molar-refractivity contribution is 6.04. The normalized spacial score (nSPS) is 14.2. The van der Waals surface area contributed by atoms with E-state index in [2.05, 4.69) is 17.1 Å². The van der Waals surface area contributed by atoms with Crippen molar-refractivity contribution in [2.75, 3.05) is 43.1 Å². The molecule has 1 saturated heterocycles. The fraction of sp³-hybridized carbons (Fsp3) is 0.350. The maximum atomic E-state index is 12.3. The fourth-order valence-electron chi connectivity index (χ4n) is 2.70. The van der Waals surface area contributed by atoms with Crippen LogP contribution in [0.25, 0.3) is 0 Å². The zero-order valence-corrected chi connectivity index (χ0v) is 14.5. The van der Waals surface area contributed by atoms with Gasteiger partial charge in [-0.3, -0.25) is 4.79 Å². The van der Waals surface area contributed by atoms with Crippen molar-refractivity contribution in [1.29, 1.82) is 0 Å². The third kappa shape index (κ3) is 4.73. The number of rotatable bonds is 6. The molecule has 1 N–H and O–H groups in total. The molecule has 1 aliphatic rings. The van der Waals surface area contributed by atoms with Crippen LogP contribution in [0.3, 0.4) is 0 Å².